The van der Waals surface area contributed by atoms with E-state index in [-0.39, 0.29) is 4.90 Å². The minimum absolute atomic E-state index is 0.228. The van der Waals surface area contributed by atoms with Crippen molar-refractivity contribution in [3.63, 3.8) is 0 Å². The summed E-state index contributed by atoms with van der Waals surface area (Å²) in [5.41, 5.74) is 2.65. The first-order valence-corrected chi connectivity index (χ1v) is 11.2. The lowest BCUT2D eigenvalue weighted by atomic mass is 10.1. The first kappa shape index (κ1) is 19.2. The van der Waals surface area contributed by atoms with Crippen LogP contribution in [0.25, 0.3) is 22.2 Å². The smallest absolute Gasteiger partial charge is 0.243 e. The highest BCUT2D eigenvalue weighted by atomic mass is 35.5. The molecule has 0 saturated carbocycles. The van der Waals surface area contributed by atoms with Gasteiger partial charge in [-0.05, 0) is 48.7 Å². The third-order valence-electron chi connectivity index (χ3n) is 5.26. The zero-order chi connectivity index (χ0) is 19.7. The van der Waals surface area contributed by atoms with E-state index in [0.29, 0.717) is 34.8 Å². The van der Waals surface area contributed by atoms with Crippen LogP contribution in [0.4, 0.5) is 0 Å². The van der Waals surface area contributed by atoms with Gasteiger partial charge in [0.2, 0.25) is 10.0 Å². The normalized spacial score (nSPS) is 16.2. The first-order valence-electron chi connectivity index (χ1n) is 9.38. The molecular weight excluding hydrogens is 396 g/mol. The summed E-state index contributed by atoms with van der Waals surface area (Å²) in [4.78, 5) is 15.3. The average molecular weight is 417 g/mol. The number of aromatic amines is 1. The fourth-order valence-electron chi connectivity index (χ4n) is 3.75. The molecule has 146 valence electrons. The van der Waals surface area contributed by atoms with Gasteiger partial charge in [0.25, 0.3) is 0 Å². The lowest BCUT2D eigenvalue weighted by molar-refractivity contribution is 0.112. The fourth-order valence-corrected chi connectivity index (χ4v) is 5.42. The van der Waals surface area contributed by atoms with Crippen LogP contribution >= 0.6 is 11.6 Å². The molecule has 2 heterocycles. The molecule has 1 N–H and O–H groups in total. The fraction of sp³-hybridized carbons (Fsp3) is 0.286. The summed E-state index contributed by atoms with van der Waals surface area (Å²) < 4.78 is 27.8. The molecule has 0 aliphatic carbocycles. The summed E-state index contributed by atoms with van der Waals surface area (Å²) in [6.07, 6.45) is 4.65. The molecule has 1 aliphatic heterocycles. The van der Waals surface area contributed by atoms with Gasteiger partial charge in [-0.3, -0.25) is 4.79 Å². The van der Waals surface area contributed by atoms with Gasteiger partial charge in [0.05, 0.1) is 10.6 Å². The number of H-pyrrole nitrogens is 1. The van der Waals surface area contributed by atoms with E-state index in [4.69, 9.17) is 11.6 Å². The van der Waals surface area contributed by atoms with Crippen molar-refractivity contribution >= 4 is 38.8 Å². The maximum absolute atomic E-state index is 13.1. The van der Waals surface area contributed by atoms with Crippen LogP contribution < -0.4 is 0 Å². The standard InChI is InChI=1S/C21H21ClN2O3S/c22-16-7-5-15(6-8-16)21-19(14-25)18-13-17(9-10-20(18)23-21)28(26,27)24-11-3-1-2-4-12-24/h5-10,13-14,23H,1-4,11-12H2. The van der Waals surface area contributed by atoms with E-state index in [0.717, 1.165) is 43.0 Å². The molecule has 0 atom stereocenters. The second-order valence-corrected chi connectivity index (χ2v) is 9.44. The van der Waals surface area contributed by atoms with Gasteiger partial charge in [-0.25, -0.2) is 8.42 Å². The Kier molecular flexibility index (Phi) is 5.27. The number of fused-ring (bicyclic) bond motifs is 1. The maximum atomic E-state index is 13.1. The van der Waals surface area contributed by atoms with Crippen molar-refractivity contribution in [2.24, 2.45) is 0 Å². The van der Waals surface area contributed by atoms with Crippen LogP contribution in [-0.2, 0) is 10.0 Å². The van der Waals surface area contributed by atoms with E-state index in [1.54, 1.807) is 34.6 Å². The number of benzene rings is 2. The van der Waals surface area contributed by atoms with Crippen molar-refractivity contribution in [2.45, 2.75) is 30.6 Å². The van der Waals surface area contributed by atoms with Gasteiger partial charge in [0.15, 0.2) is 6.29 Å². The van der Waals surface area contributed by atoms with Crippen molar-refractivity contribution in [3.8, 4) is 11.3 Å². The van der Waals surface area contributed by atoms with Gasteiger partial charge in [0, 0.05) is 34.6 Å². The zero-order valence-corrected chi connectivity index (χ0v) is 16.9. The van der Waals surface area contributed by atoms with Gasteiger partial charge in [-0.1, -0.05) is 36.6 Å². The number of rotatable bonds is 4. The SMILES string of the molecule is O=Cc1c(-c2ccc(Cl)cc2)[nH]c2ccc(S(=O)(=O)N3CCCCCC3)cc12. The van der Waals surface area contributed by atoms with E-state index in [9.17, 15) is 13.2 Å². The number of nitrogens with one attached hydrogen (secondary N) is 1. The van der Waals surface area contributed by atoms with Crippen LogP contribution in [0.15, 0.2) is 47.4 Å². The second kappa shape index (κ2) is 7.70. The summed E-state index contributed by atoms with van der Waals surface area (Å²) in [6.45, 7) is 1.09. The van der Waals surface area contributed by atoms with Gasteiger partial charge in [-0.2, -0.15) is 4.31 Å². The average Bonchev–Trinajstić information content (AvgIpc) is 2.86. The second-order valence-electron chi connectivity index (χ2n) is 7.06. The van der Waals surface area contributed by atoms with Crippen LogP contribution in [0.1, 0.15) is 36.0 Å². The first-order chi connectivity index (χ1) is 13.5. The summed E-state index contributed by atoms with van der Waals surface area (Å²) in [5, 5.41) is 1.22. The topological polar surface area (TPSA) is 70.2 Å². The monoisotopic (exact) mass is 416 g/mol. The molecule has 1 aromatic heterocycles. The molecule has 4 rings (SSSR count). The van der Waals surface area contributed by atoms with Crippen LogP contribution in [-0.4, -0.2) is 37.1 Å². The van der Waals surface area contributed by atoms with Gasteiger partial charge in [0.1, 0.15) is 0 Å². The molecule has 0 radical (unpaired) electrons. The molecule has 0 spiro atoms. The predicted molar refractivity (Wildman–Crippen MR) is 111 cm³/mol. The van der Waals surface area contributed by atoms with Crippen molar-refractivity contribution in [3.05, 3.63) is 53.1 Å². The molecule has 28 heavy (non-hydrogen) atoms. The van der Waals surface area contributed by atoms with Crippen LogP contribution in [0, 0.1) is 0 Å². The number of sulfonamides is 1. The Morgan fingerprint density at radius 2 is 1.64 bits per heavy atom. The number of aldehydes is 1. The summed E-state index contributed by atoms with van der Waals surface area (Å²) >= 11 is 5.96. The lowest BCUT2D eigenvalue weighted by Crippen LogP contribution is -2.31. The number of nitrogens with zero attached hydrogens (tertiary/aromatic N) is 1. The number of carbonyl (C=O) groups excluding carboxylic acids is 1. The maximum Gasteiger partial charge on any atom is 0.243 e. The summed E-state index contributed by atoms with van der Waals surface area (Å²) in [7, 11) is -3.58. The Labute approximate surface area is 169 Å². The lowest BCUT2D eigenvalue weighted by Gasteiger charge is -2.20. The molecular formula is C21H21ClN2O3S. The van der Waals surface area contributed by atoms with E-state index in [2.05, 4.69) is 4.98 Å². The summed E-state index contributed by atoms with van der Waals surface area (Å²) in [5.74, 6) is 0. The van der Waals surface area contributed by atoms with E-state index in [1.807, 2.05) is 12.1 Å². The molecule has 1 fully saturated rings. The zero-order valence-electron chi connectivity index (χ0n) is 15.3. The van der Waals surface area contributed by atoms with E-state index in [1.165, 1.54) is 0 Å². The molecule has 0 amide bonds. The quantitative estimate of drug-likeness (QED) is 0.617. The number of aromatic nitrogens is 1. The van der Waals surface area contributed by atoms with Gasteiger partial charge >= 0.3 is 0 Å². The Morgan fingerprint density at radius 1 is 0.964 bits per heavy atom. The molecule has 7 heteroatoms. The Morgan fingerprint density at radius 3 is 2.29 bits per heavy atom. The van der Waals surface area contributed by atoms with Crippen molar-refractivity contribution in [1.82, 2.24) is 9.29 Å². The van der Waals surface area contributed by atoms with E-state index >= 15 is 0 Å². The van der Waals surface area contributed by atoms with Crippen LogP contribution in [0.5, 0.6) is 0 Å². The van der Waals surface area contributed by atoms with Crippen LogP contribution in [0.3, 0.4) is 0 Å². The third kappa shape index (κ3) is 3.48. The van der Waals surface area contributed by atoms with Crippen molar-refractivity contribution in [1.29, 1.82) is 0 Å². The highest BCUT2D eigenvalue weighted by molar-refractivity contribution is 7.89. The Hall–Kier alpha value is -2.15. The molecule has 2 aromatic carbocycles. The molecule has 1 aliphatic rings. The van der Waals surface area contributed by atoms with Gasteiger partial charge < -0.3 is 4.98 Å². The minimum Gasteiger partial charge on any atom is -0.354 e. The molecule has 1 saturated heterocycles. The number of hydrogen-bond acceptors (Lipinski definition) is 3. The molecule has 3 aromatic rings. The number of carbonyl (C=O) groups is 1. The highest BCUT2D eigenvalue weighted by Crippen LogP contribution is 2.32. The van der Waals surface area contributed by atoms with E-state index < -0.39 is 10.0 Å². The highest BCUT2D eigenvalue weighted by Gasteiger charge is 2.26. The van der Waals surface area contributed by atoms with Gasteiger partial charge in [-0.15, -0.1) is 0 Å². The summed E-state index contributed by atoms with van der Waals surface area (Å²) in [6, 6.07) is 12.1. The number of halogens is 1. The molecule has 5 nitrogen and oxygen atoms in total. The predicted octanol–water partition coefficient (Wildman–Crippen LogP) is 4.87. The Balaban J connectivity index is 1.80. The van der Waals surface area contributed by atoms with Crippen molar-refractivity contribution in [2.75, 3.05) is 13.1 Å². The molecule has 0 unspecified atom stereocenters. The minimum atomic E-state index is -3.58. The van der Waals surface area contributed by atoms with Crippen LogP contribution in [0.2, 0.25) is 5.02 Å². The Bertz CT molecular complexity index is 1110. The van der Waals surface area contributed by atoms with Crippen molar-refractivity contribution < 1.29 is 13.2 Å². The molecule has 0 bridgehead atoms. The number of hydrogen-bond donors (Lipinski definition) is 1. The largest absolute Gasteiger partial charge is 0.354 e. The third-order valence-corrected chi connectivity index (χ3v) is 7.41.